The number of nitrogens with zero attached hydrogens (tertiary/aromatic N) is 4. The molecule has 288 valence electrons. The largest absolute Gasteiger partial charge is 0.457 e. The second-order valence-electron chi connectivity index (χ2n) is 11.7. The highest BCUT2D eigenvalue weighted by Gasteiger charge is 2.29. The molecule has 18 heteroatoms. The minimum atomic E-state index is -1.62. The average Bonchev–Trinajstić information content (AvgIpc) is 3.21. The maximum atomic E-state index is 13.4. The number of aromatic nitrogens is 4. The molecule has 0 saturated carbocycles. The predicted molar refractivity (Wildman–Crippen MR) is 210 cm³/mol. The summed E-state index contributed by atoms with van der Waals surface area (Å²) in [5, 5.41) is 5.03. The zero-order valence-electron chi connectivity index (χ0n) is 29.4. The van der Waals surface area contributed by atoms with E-state index in [4.69, 9.17) is 20.9 Å². The van der Waals surface area contributed by atoms with Crippen LogP contribution in [0.1, 0.15) is 26.3 Å². The fraction of sp³-hybridized carbons (Fsp3) is 0.0769. The normalized spacial score (nSPS) is 11.3. The van der Waals surface area contributed by atoms with E-state index in [1.165, 1.54) is 54.7 Å². The monoisotopic (exact) mass is 808 g/mol. The Balaban J connectivity index is 1.11. The van der Waals surface area contributed by atoms with Gasteiger partial charge in [-0.25, -0.2) is 33.5 Å². The predicted octanol–water partition coefficient (Wildman–Crippen LogP) is 6.38. The molecular formula is C39H30F2N8O6S2. The zero-order chi connectivity index (χ0) is 40.3. The molecule has 0 radical (unpaired) electrons. The topological polar surface area (TPSA) is 214 Å². The molecular weight excluding hydrogens is 779 g/mol. The molecule has 0 aliphatic carbocycles. The molecule has 4 aromatic carbocycles. The molecule has 14 nitrogen and oxygen atoms in total. The first kappa shape index (κ1) is 39.8. The summed E-state index contributed by atoms with van der Waals surface area (Å²) in [6.07, 6.45) is 2.30. The number of carbonyl (C=O) groups excluding carboxylic acids is 4. The van der Waals surface area contributed by atoms with Gasteiger partial charge >= 0.3 is 11.9 Å². The summed E-state index contributed by atoms with van der Waals surface area (Å²) in [7, 11) is 0. The lowest BCUT2D eigenvalue weighted by molar-refractivity contribution is -0.160. The van der Waals surface area contributed by atoms with Crippen LogP contribution in [-0.4, -0.2) is 54.9 Å². The van der Waals surface area contributed by atoms with Crippen molar-refractivity contribution >= 4 is 70.3 Å². The van der Waals surface area contributed by atoms with Crippen molar-refractivity contribution in [3.8, 4) is 11.1 Å². The minimum absolute atomic E-state index is 0.0270. The molecule has 57 heavy (non-hydrogen) atoms. The van der Waals surface area contributed by atoms with E-state index >= 15 is 0 Å². The van der Waals surface area contributed by atoms with Gasteiger partial charge in [-0.2, -0.15) is 0 Å². The Morgan fingerprint density at radius 2 is 1.18 bits per heavy atom. The summed E-state index contributed by atoms with van der Waals surface area (Å²) in [4.78, 5) is 68.3. The fourth-order valence-electron chi connectivity index (χ4n) is 4.84. The van der Waals surface area contributed by atoms with Gasteiger partial charge in [-0.05, 0) is 77.0 Å². The van der Waals surface area contributed by atoms with Crippen LogP contribution in [-0.2, 0) is 25.7 Å². The number of carbonyl (C=O) groups is 4. The maximum absolute atomic E-state index is 13.4. The average molecular weight is 809 g/mol. The lowest BCUT2D eigenvalue weighted by Crippen LogP contribution is -2.27. The summed E-state index contributed by atoms with van der Waals surface area (Å²) < 4.78 is 37.5. The van der Waals surface area contributed by atoms with Crippen molar-refractivity contribution < 1.29 is 37.4 Å². The number of halogens is 2. The number of esters is 2. The third-order valence-corrected chi connectivity index (χ3v) is 9.44. The van der Waals surface area contributed by atoms with Crippen molar-refractivity contribution in [1.29, 1.82) is 0 Å². The van der Waals surface area contributed by atoms with Crippen LogP contribution in [0.2, 0.25) is 0 Å². The molecule has 1 atom stereocenters. The van der Waals surface area contributed by atoms with Crippen molar-refractivity contribution in [2.24, 2.45) is 0 Å². The van der Waals surface area contributed by atoms with Crippen molar-refractivity contribution in [3.05, 3.63) is 144 Å². The summed E-state index contributed by atoms with van der Waals surface area (Å²) >= 11 is 1.43. The molecule has 0 bridgehead atoms. The van der Waals surface area contributed by atoms with Gasteiger partial charge in [0.1, 0.15) is 41.0 Å². The summed E-state index contributed by atoms with van der Waals surface area (Å²) in [5.41, 5.74) is 13.5. The maximum Gasteiger partial charge on any atom is 0.359 e. The highest BCUT2D eigenvalue weighted by molar-refractivity contribution is 8.00. The second-order valence-corrected chi connectivity index (χ2v) is 13.7. The van der Waals surface area contributed by atoms with Crippen LogP contribution in [0.25, 0.3) is 11.1 Å². The van der Waals surface area contributed by atoms with Gasteiger partial charge in [0.25, 0.3) is 17.3 Å². The number of nitrogens with two attached hydrogens (primary N) is 2. The Bertz CT molecular complexity index is 2400. The first-order valence-electron chi connectivity index (χ1n) is 16.7. The molecule has 6 aromatic rings. The zero-order valence-corrected chi connectivity index (χ0v) is 31.1. The van der Waals surface area contributed by atoms with Crippen LogP contribution in [0.15, 0.2) is 126 Å². The Morgan fingerprint density at radius 3 is 1.72 bits per heavy atom. The summed E-state index contributed by atoms with van der Waals surface area (Å²) in [5.74, 6) is -4.90. The molecule has 2 amide bonds. The quantitative estimate of drug-likeness (QED) is 0.0407. The van der Waals surface area contributed by atoms with Crippen molar-refractivity contribution in [3.63, 3.8) is 0 Å². The SMILES string of the molecule is Nc1nc(SCC(=O)OC(Sc2ncc(C(=O)Nc3ccc(F)cc3)c(N)n2)C(=O)OCc2ccc(-c3ccccc3)cc2)ncc1C(=O)Nc1ccc(F)cc1. The molecule has 2 aromatic heterocycles. The highest BCUT2D eigenvalue weighted by Crippen LogP contribution is 2.27. The molecule has 0 aliphatic heterocycles. The van der Waals surface area contributed by atoms with Crippen molar-refractivity contribution in [2.45, 2.75) is 22.4 Å². The van der Waals surface area contributed by atoms with Gasteiger partial charge in [-0.1, -0.05) is 66.4 Å². The smallest absolute Gasteiger partial charge is 0.359 e. The van der Waals surface area contributed by atoms with E-state index in [9.17, 15) is 28.0 Å². The summed E-state index contributed by atoms with van der Waals surface area (Å²) in [6, 6.07) is 27.2. The lowest BCUT2D eigenvalue weighted by atomic mass is 10.0. The number of benzene rings is 4. The molecule has 0 aliphatic rings. The Morgan fingerprint density at radius 1 is 0.667 bits per heavy atom. The van der Waals surface area contributed by atoms with E-state index in [2.05, 4.69) is 30.6 Å². The van der Waals surface area contributed by atoms with Gasteiger partial charge in [0.05, 0.1) is 5.75 Å². The standard InChI is InChI=1S/C39H30F2N8O6S2/c40-25-10-14-27(15-11-25)46-34(51)29-18-44-38(48-32(29)42)56-21-31(50)55-37(36(53)54-20-22-6-8-24(9-7-22)23-4-2-1-3-5-23)57-39-45-19-30(33(43)49-39)35(52)47-28-16-12-26(41)13-17-28/h1-19,37H,20-21H2,(H,46,51)(H,47,52)(H2,42,44,48)(H2,43,45,49). The minimum Gasteiger partial charge on any atom is -0.457 e. The van der Waals surface area contributed by atoms with E-state index in [1.54, 1.807) is 12.1 Å². The van der Waals surface area contributed by atoms with Gasteiger partial charge in [0.2, 0.25) is 0 Å². The molecule has 1 unspecified atom stereocenters. The van der Waals surface area contributed by atoms with Crippen molar-refractivity contribution in [2.75, 3.05) is 27.9 Å². The van der Waals surface area contributed by atoms with Crippen LogP contribution in [0, 0.1) is 11.6 Å². The Hall–Kier alpha value is -6.92. The van der Waals surface area contributed by atoms with E-state index in [1.807, 2.05) is 42.5 Å². The number of hydrogen-bond donors (Lipinski definition) is 4. The van der Waals surface area contributed by atoms with E-state index in [0.717, 1.165) is 29.1 Å². The van der Waals surface area contributed by atoms with E-state index < -0.39 is 46.6 Å². The molecule has 6 N–H and O–H groups in total. The Labute approximate surface area is 331 Å². The van der Waals surface area contributed by atoms with Crippen LogP contribution in [0.4, 0.5) is 31.8 Å². The lowest BCUT2D eigenvalue weighted by Gasteiger charge is -2.16. The Kier molecular flexibility index (Phi) is 13.0. The van der Waals surface area contributed by atoms with E-state index in [0.29, 0.717) is 28.7 Å². The third kappa shape index (κ3) is 11.1. The number of nitrogens with one attached hydrogen (secondary N) is 2. The van der Waals surface area contributed by atoms with E-state index in [-0.39, 0.29) is 39.7 Å². The van der Waals surface area contributed by atoms with Gasteiger partial charge in [-0.3, -0.25) is 14.4 Å². The van der Waals surface area contributed by atoms with Crippen LogP contribution in [0.3, 0.4) is 0 Å². The molecule has 0 saturated heterocycles. The number of thioether (sulfide) groups is 2. The molecule has 0 spiro atoms. The number of anilines is 4. The highest BCUT2D eigenvalue weighted by atomic mass is 32.2. The number of hydrogen-bond acceptors (Lipinski definition) is 14. The number of rotatable bonds is 14. The third-order valence-electron chi connectivity index (χ3n) is 7.69. The number of nitrogen functional groups attached to an aromatic ring is 2. The molecule has 2 heterocycles. The second kappa shape index (κ2) is 18.6. The number of ether oxygens (including phenoxy) is 2. The van der Waals surface area contributed by atoms with Gasteiger partial charge in [-0.15, -0.1) is 0 Å². The number of amides is 2. The van der Waals surface area contributed by atoms with Crippen molar-refractivity contribution in [1.82, 2.24) is 19.9 Å². The van der Waals surface area contributed by atoms with Crippen LogP contribution < -0.4 is 22.1 Å². The van der Waals surface area contributed by atoms with Gasteiger partial charge in [0, 0.05) is 23.8 Å². The first-order chi connectivity index (χ1) is 27.5. The van der Waals surface area contributed by atoms with Gasteiger partial charge in [0.15, 0.2) is 10.3 Å². The van der Waals surface area contributed by atoms with Crippen LogP contribution in [0.5, 0.6) is 0 Å². The first-order valence-corrected chi connectivity index (χ1v) is 18.6. The van der Waals surface area contributed by atoms with Crippen LogP contribution >= 0.6 is 23.5 Å². The fourth-order valence-corrected chi connectivity index (χ4v) is 6.22. The summed E-state index contributed by atoms with van der Waals surface area (Å²) in [6.45, 7) is -0.156. The molecule has 6 rings (SSSR count). The van der Waals surface area contributed by atoms with Gasteiger partial charge < -0.3 is 31.6 Å². The molecule has 0 fully saturated rings.